The molecule has 0 saturated carbocycles. The van der Waals surface area contributed by atoms with Crippen molar-refractivity contribution in [1.82, 2.24) is 0 Å². The van der Waals surface area contributed by atoms with Gasteiger partial charge in [0.1, 0.15) is 0 Å². The van der Waals surface area contributed by atoms with Crippen molar-refractivity contribution in [1.29, 1.82) is 0 Å². The van der Waals surface area contributed by atoms with Crippen LogP contribution in [-0.2, 0) is 0 Å². The average molecular weight is 848 g/mol. The van der Waals surface area contributed by atoms with E-state index in [-0.39, 0.29) is 91.6 Å². The maximum absolute atomic E-state index is 2.44. The topological polar surface area (TPSA) is 0 Å². The van der Waals surface area contributed by atoms with E-state index in [1.54, 1.807) is 0 Å². The van der Waals surface area contributed by atoms with E-state index in [1.807, 2.05) is 0 Å². The van der Waals surface area contributed by atoms with Crippen molar-refractivity contribution in [3.63, 3.8) is 0 Å². The number of rotatable bonds is 0. The van der Waals surface area contributed by atoms with Gasteiger partial charge in [0, 0.05) is 21.2 Å². The number of hydrogen-bond donors (Lipinski definition) is 0. The molecule has 0 amide bonds. The van der Waals surface area contributed by atoms with Gasteiger partial charge in [-0.05, 0) is 40.3 Å². The van der Waals surface area contributed by atoms with Crippen LogP contribution in [0, 0.1) is 0 Å². The molecular formula is C36H88GaGe2Si4. The maximum Gasteiger partial charge on any atom is 0 e. The Balaban J connectivity index is -0.0000000635. The summed E-state index contributed by atoms with van der Waals surface area (Å²) in [6.45, 7) is 66.2. The monoisotopic (exact) mass is 849 g/mol. The van der Waals surface area contributed by atoms with Crippen LogP contribution in [0.4, 0.5) is 0 Å². The molecule has 0 unspecified atom stereocenters. The molecule has 0 fully saturated rings. The molecule has 0 aromatic rings. The molecule has 0 aromatic carbocycles. The first kappa shape index (κ1) is 60.9. The number of hydrogen-bond acceptors (Lipinski definition) is 0. The van der Waals surface area contributed by atoms with Crippen molar-refractivity contribution in [2.24, 2.45) is 0 Å². The zero-order valence-corrected chi connectivity index (χ0v) is 47.0. The van der Waals surface area contributed by atoms with Crippen LogP contribution in [0.3, 0.4) is 0 Å². The molecule has 43 heavy (non-hydrogen) atoms. The zero-order valence-electron chi connectivity index (χ0n) is 35.7. The van der Waals surface area contributed by atoms with Gasteiger partial charge in [0.15, 0.2) is 0 Å². The molecule has 0 saturated heterocycles. The van der Waals surface area contributed by atoms with E-state index in [1.165, 1.54) is 0 Å². The van der Waals surface area contributed by atoms with Gasteiger partial charge in [-0.15, -0.1) is 0 Å². The molecule has 0 bridgehead atoms. The summed E-state index contributed by atoms with van der Waals surface area (Å²) < 4.78 is 0. The van der Waals surface area contributed by atoms with Gasteiger partial charge in [-0.3, -0.25) is 0 Å². The van der Waals surface area contributed by atoms with Gasteiger partial charge in [-0.25, -0.2) is 0 Å². The van der Waals surface area contributed by atoms with Crippen molar-refractivity contribution >= 4 is 90.2 Å². The fourth-order valence-corrected chi connectivity index (χ4v) is 13.5. The summed E-state index contributed by atoms with van der Waals surface area (Å²) in [7, 11) is -0.883. The third-order valence-corrected chi connectivity index (χ3v) is 27.0. The first-order chi connectivity index (χ1) is 16.6. The first-order valence-electron chi connectivity index (χ1n) is 16.0. The fraction of sp³-hybridized carbons (Fsp3) is 1.00. The summed E-state index contributed by atoms with van der Waals surface area (Å²) in [6, 6.07) is 0. The van der Waals surface area contributed by atoms with Crippen LogP contribution < -0.4 is 0 Å². The van der Waals surface area contributed by atoms with Crippen molar-refractivity contribution in [3.8, 4) is 0 Å². The molecule has 0 heterocycles. The largest absolute Gasteiger partial charge is 0 e. The Labute approximate surface area is 321 Å². The van der Waals surface area contributed by atoms with Crippen molar-refractivity contribution < 1.29 is 1.43 Å². The molecule has 0 nitrogen and oxygen atoms in total. The summed E-state index contributed by atoms with van der Waals surface area (Å²) in [5.41, 5.74) is 0. The smallest absolute Gasteiger partial charge is 0 e. The van der Waals surface area contributed by atoms with E-state index in [2.05, 4.69) is 192 Å². The Hall–Kier alpha value is 2.59. The SMILES string of the molecule is C[Si](C(C)(C)C)C(C)(C)C.C[Si](C(C)(C)C)C(C)(C)C.C[Si](C(C)(C)C)C(C)(C)C.C[Si](C(C)(C)C)C(C)(C)C.[Ga].[GeH].[GeH].[HH]. The minimum absolute atomic E-state index is 0. The fourth-order valence-electron chi connectivity index (χ4n) is 4.50. The van der Waals surface area contributed by atoms with E-state index >= 15 is 0 Å². The van der Waals surface area contributed by atoms with E-state index < -0.39 is 0 Å². The summed E-state index contributed by atoms with van der Waals surface area (Å²) in [5, 5.41) is 4.36. The van der Waals surface area contributed by atoms with Crippen LogP contribution in [0.5, 0.6) is 0 Å². The van der Waals surface area contributed by atoms with Gasteiger partial charge < -0.3 is 0 Å². The maximum atomic E-state index is 2.44. The molecule has 0 aromatic heterocycles. The van der Waals surface area contributed by atoms with E-state index in [0.717, 1.165) is 0 Å². The van der Waals surface area contributed by atoms with Crippen molar-refractivity contribution in [2.75, 3.05) is 0 Å². The Morgan fingerprint density at radius 1 is 0.233 bits per heavy atom. The second-order valence-corrected chi connectivity index (χ2v) is 37.5. The Morgan fingerprint density at radius 2 is 0.279 bits per heavy atom. The normalized spacial score (nSPS) is 13.4. The predicted molar refractivity (Wildman–Crippen MR) is 226 cm³/mol. The first-order valence-corrected chi connectivity index (χ1v) is 24.0. The van der Waals surface area contributed by atoms with Crippen molar-refractivity contribution in [2.45, 2.75) is 233 Å². The van der Waals surface area contributed by atoms with Crippen LogP contribution in [-0.4, -0.2) is 90.2 Å². The summed E-state index contributed by atoms with van der Waals surface area (Å²) in [4.78, 5) is 0. The van der Waals surface area contributed by atoms with E-state index in [4.69, 9.17) is 0 Å². The minimum Gasteiger partial charge on any atom is 0 e. The van der Waals surface area contributed by atoms with E-state index in [0.29, 0.717) is 40.3 Å². The molecule has 0 aliphatic rings. The van der Waals surface area contributed by atoms with Gasteiger partial charge in [-0.2, -0.15) is 0 Å². The molecule has 0 spiro atoms. The Bertz CT molecular complexity index is 501. The summed E-state index contributed by atoms with van der Waals surface area (Å²) in [6.07, 6.45) is 0. The molecular weight excluding hydrogens is 760 g/mol. The molecule has 0 atom stereocenters. The average Bonchev–Trinajstić information content (AvgIpc) is 2.61. The van der Waals surface area contributed by atoms with Crippen LogP contribution in [0.25, 0.3) is 0 Å². The zero-order chi connectivity index (χ0) is 34.3. The summed E-state index contributed by atoms with van der Waals surface area (Å²) >= 11 is 0. The second-order valence-electron chi connectivity index (χ2n) is 20.5. The van der Waals surface area contributed by atoms with Crippen LogP contribution in [0.2, 0.25) is 66.5 Å². The van der Waals surface area contributed by atoms with Crippen LogP contribution in [0.15, 0.2) is 0 Å². The molecule has 0 aliphatic heterocycles. The third-order valence-electron chi connectivity index (χ3n) is 9.00. The molecule has 0 N–H and O–H groups in total. The van der Waals surface area contributed by atoms with Crippen LogP contribution in [0.1, 0.15) is 168 Å². The standard InChI is InChI=1S/4C9H21Si.Ga.2GeH.H2/c4*1-8(2,3)10(7)9(4,5)6;;;;/h4*1-7H3;;3*1H. The van der Waals surface area contributed by atoms with Gasteiger partial charge in [0.05, 0.1) is 35.2 Å². The third kappa shape index (κ3) is 31.6. The minimum atomic E-state index is -0.221. The molecule has 0 aliphatic carbocycles. The predicted octanol–water partition coefficient (Wildman–Crippen LogP) is 13.4. The van der Waals surface area contributed by atoms with Crippen LogP contribution >= 0.6 is 0 Å². The second kappa shape index (κ2) is 21.6. The molecule has 0 rings (SSSR count). The van der Waals surface area contributed by atoms with Gasteiger partial charge >= 0.3 is 35.2 Å². The van der Waals surface area contributed by atoms with Gasteiger partial charge in [0.2, 0.25) is 0 Å². The molecule has 259 valence electrons. The summed E-state index contributed by atoms with van der Waals surface area (Å²) in [5.74, 6) is 0. The van der Waals surface area contributed by atoms with Gasteiger partial charge in [-0.1, -0.05) is 192 Å². The molecule has 13 radical (unpaired) electrons. The quantitative estimate of drug-likeness (QED) is 0.213. The van der Waals surface area contributed by atoms with Crippen molar-refractivity contribution in [3.05, 3.63) is 0 Å². The van der Waals surface area contributed by atoms with Gasteiger partial charge in [0.25, 0.3) is 0 Å². The molecule has 7 heteroatoms. The Morgan fingerprint density at radius 3 is 0.279 bits per heavy atom. The van der Waals surface area contributed by atoms with E-state index in [9.17, 15) is 0 Å². The Kier molecular flexibility index (Phi) is 30.6.